The average Bonchev–Trinajstić information content (AvgIpc) is 3.24. The number of aromatic nitrogens is 2. The maximum absolute atomic E-state index is 10.7. The zero-order valence-corrected chi connectivity index (χ0v) is 14.3. The molecule has 0 amide bonds. The molecule has 4 N–H and O–H groups in total. The van der Waals surface area contributed by atoms with Crippen LogP contribution in [0.4, 0.5) is 0 Å². The molecule has 2 aromatic carbocycles. The van der Waals surface area contributed by atoms with Gasteiger partial charge >= 0.3 is 0 Å². The number of hydrogen-bond acceptors (Lipinski definition) is 3. The number of rotatable bonds is 5. The predicted octanol–water partition coefficient (Wildman–Crippen LogP) is 3.79. The minimum Gasteiger partial charge on any atom is -0.507 e. The van der Waals surface area contributed by atoms with E-state index in [1.807, 2.05) is 31.4 Å². The smallest absolute Gasteiger partial charge is 0.146 e. The van der Waals surface area contributed by atoms with E-state index in [0.29, 0.717) is 5.75 Å². The molecule has 0 unspecified atom stereocenters. The summed E-state index contributed by atoms with van der Waals surface area (Å²) in [6, 6.07) is 11.9. The first-order valence-electron chi connectivity index (χ1n) is 8.36. The van der Waals surface area contributed by atoms with Crippen LogP contribution in [0.3, 0.4) is 0 Å². The molecule has 0 saturated heterocycles. The number of ether oxygens (including phenoxy) is 1. The molecule has 0 aliphatic carbocycles. The number of methoxy groups -OCH3 is 1. The van der Waals surface area contributed by atoms with Crippen molar-refractivity contribution in [2.24, 2.45) is 0 Å². The number of H-pyrrole nitrogens is 2. The third-order valence-electron chi connectivity index (χ3n) is 4.70. The first kappa shape index (κ1) is 15.6. The molecule has 0 saturated carbocycles. The number of benzene rings is 2. The van der Waals surface area contributed by atoms with Crippen molar-refractivity contribution in [2.45, 2.75) is 6.42 Å². The molecule has 0 atom stereocenters. The second-order valence-electron chi connectivity index (χ2n) is 6.12. The lowest BCUT2D eigenvalue weighted by molar-refractivity contribution is 0.412. The highest BCUT2D eigenvalue weighted by Gasteiger charge is 2.20. The molecule has 4 aromatic rings. The Morgan fingerprint density at radius 3 is 2.80 bits per heavy atom. The molecule has 25 heavy (non-hydrogen) atoms. The van der Waals surface area contributed by atoms with E-state index >= 15 is 0 Å². The molecule has 0 aliphatic rings. The van der Waals surface area contributed by atoms with E-state index in [4.69, 9.17) is 4.74 Å². The van der Waals surface area contributed by atoms with E-state index in [-0.39, 0.29) is 5.75 Å². The van der Waals surface area contributed by atoms with Crippen molar-refractivity contribution in [1.82, 2.24) is 15.3 Å². The summed E-state index contributed by atoms with van der Waals surface area (Å²) >= 11 is 0. The van der Waals surface area contributed by atoms with E-state index in [0.717, 1.165) is 40.6 Å². The Labute approximate surface area is 145 Å². The Balaban J connectivity index is 2.03. The minimum atomic E-state index is 0.209. The summed E-state index contributed by atoms with van der Waals surface area (Å²) in [5.41, 5.74) is 4.92. The van der Waals surface area contributed by atoms with Gasteiger partial charge in [0.2, 0.25) is 0 Å². The predicted molar refractivity (Wildman–Crippen MR) is 101 cm³/mol. The molecule has 2 aromatic heterocycles. The third-order valence-corrected chi connectivity index (χ3v) is 4.70. The van der Waals surface area contributed by atoms with Gasteiger partial charge in [0.15, 0.2) is 0 Å². The maximum Gasteiger partial charge on any atom is 0.146 e. The van der Waals surface area contributed by atoms with Gasteiger partial charge in [-0.15, -0.1) is 0 Å². The molecule has 4 rings (SSSR count). The van der Waals surface area contributed by atoms with Gasteiger partial charge in [-0.3, -0.25) is 0 Å². The van der Waals surface area contributed by atoms with Crippen LogP contribution in [0, 0.1) is 0 Å². The highest BCUT2D eigenvalue weighted by atomic mass is 16.5. The van der Waals surface area contributed by atoms with Crippen LogP contribution in [-0.2, 0) is 6.42 Å². The number of fused-ring (bicyclic) bond motifs is 2. The second kappa shape index (κ2) is 6.18. The number of hydrogen-bond donors (Lipinski definition) is 4. The maximum atomic E-state index is 10.7. The summed E-state index contributed by atoms with van der Waals surface area (Å²) < 4.78 is 5.40. The number of aromatic amines is 2. The van der Waals surface area contributed by atoms with Crippen LogP contribution in [0.25, 0.3) is 33.1 Å². The Morgan fingerprint density at radius 2 is 2.00 bits per heavy atom. The number of para-hydroxylation sites is 1. The van der Waals surface area contributed by atoms with Gasteiger partial charge in [-0.1, -0.05) is 18.2 Å². The third kappa shape index (κ3) is 2.44. The molecule has 0 spiro atoms. The first-order valence-corrected chi connectivity index (χ1v) is 8.36. The fraction of sp³-hybridized carbons (Fsp3) is 0.200. The van der Waals surface area contributed by atoms with Gasteiger partial charge in [-0.05, 0) is 37.7 Å². The van der Waals surface area contributed by atoms with Crippen molar-refractivity contribution in [3.63, 3.8) is 0 Å². The van der Waals surface area contributed by atoms with Crippen molar-refractivity contribution >= 4 is 21.8 Å². The van der Waals surface area contributed by atoms with Crippen LogP contribution in [0.1, 0.15) is 5.56 Å². The Hall–Kier alpha value is -2.92. The van der Waals surface area contributed by atoms with Gasteiger partial charge in [-0.2, -0.15) is 0 Å². The standard InChI is InChI=1S/C20H21N3O2/c1-21-9-7-13-12-5-3-4-6-15(12)23-20(13)18-14-8-10-22-19(14)17(25-2)11-16(18)24/h3-6,8,10-11,21-24H,7,9H2,1-2H3. The summed E-state index contributed by atoms with van der Waals surface area (Å²) in [6.45, 7) is 0.863. The number of phenolic OH excluding ortho intramolecular Hbond substituents is 1. The number of likely N-dealkylation sites (N-methyl/N-ethyl adjacent to an activating group) is 1. The molecule has 0 bridgehead atoms. The largest absolute Gasteiger partial charge is 0.507 e. The van der Waals surface area contributed by atoms with Crippen LogP contribution in [0.15, 0.2) is 42.6 Å². The van der Waals surface area contributed by atoms with E-state index in [1.165, 1.54) is 10.9 Å². The van der Waals surface area contributed by atoms with Gasteiger partial charge in [0.1, 0.15) is 11.5 Å². The second-order valence-corrected chi connectivity index (χ2v) is 6.12. The lowest BCUT2D eigenvalue weighted by Gasteiger charge is -2.11. The lowest BCUT2D eigenvalue weighted by atomic mass is 9.99. The van der Waals surface area contributed by atoms with Crippen LogP contribution >= 0.6 is 0 Å². The molecular weight excluding hydrogens is 314 g/mol. The van der Waals surface area contributed by atoms with Crippen LogP contribution in [0.5, 0.6) is 11.5 Å². The van der Waals surface area contributed by atoms with Crippen LogP contribution < -0.4 is 10.1 Å². The topological polar surface area (TPSA) is 73.1 Å². The van der Waals surface area contributed by atoms with E-state index in [9.17, 15) is 5.11 Å². The summed E-state index contributed by atoms with van der Waals surface area (Å²) in [6.07, 6.45) is 2.74. The highest BCUT2D eigenvalue weighted by molar-refractivity contribution is 6.04. The Morgan fingerprint density at radius 1 is 1.16 bits per heavy atom. The van der Waals surface area contributed by atoms with Gasteiger partial charge in [-0.25, -0.2) is 0 Å². The summed E-state index contributed by atoms with van der Waals surface area (Å²) in [5, 5.41) is 16.1. The van der Waals surface area contributed by atoms with Crippen LogP contribution in [0.2, 0.25) is 0 Å². The molecule has 128 valence electrons. The molecule has 0 aliphatic heterocycles. The number of phenols is 1. The van der Waals surface area contributed by atoms with Crippen molar-refractivity contribution < 1.29 is 9.84 Å². The molecule has 5 nitrogen and oxygen atoms in total. The van der Waals surface area contributed by atoms with Gasteiger partial charge < -0.3 is 25.1 Å². The lowest BCUT2D eigenvalue weighted by Crippen LogP contribution is -2.10. The van der Waals surface area contributed by atoms with E-state index in [1.54, 1.807) is 13.2 Å². The Bertz CT molecular complexity index is 1050. The quantitative estimate of drug-likeness (QED) is 0.448. The molecule has 5 heteroatoms. The van der Waals surface area contributed by atoms with Gasteiger partial charge in [0, 0.05) is 34.1 Å². The highest BCUT2D eigenvalue weighted by Crippen LogP contribution is 2.43. The summed E-state index contributed by atoms with van der Waals surface area (Å²) in [5.74, 6) is 0.843. The number of nitrogens with one attached hydrogen (secondary N) is 3. The first-order chi connectivity index (χ1) is 12.2. The van der Waals surface area contributed by atoms with Gasteiger partial charge in [0.05, 0.1) is 18.3 Å². The fourth-order valence-electron chi connectivity index (χ4n) is 3.53. The van der Waals surface area contributed by atoms with Crippen molar-refractivity contribution in [3.8, 4) is 22.8 Å². The number of aromatic hydroxyl groups is 1. The fourth-order valence-corrected chi connectivity index (χ4v) is 3.53. The summed E-state index contributed by atoms with van der Waals surface area (Å²) in [7, 11) is 3.56. The average molecular weight is 335 g/mol. The van der Waals surface area contributed by atoms with Crippen molar-refractivity contribution in [2.75, 3.05) is 20.7 Å². The van der Waals surface area contributed by atoms with Crippen molar-refractivity contribution in [1.29, 1.82) is 0 Å². The van der Waals surface area contributed by atoms with Crippen LogP contribution in [-0.4, -0.2) is 35.8 Å². The van der Waals surface area contributed by atoms with Crippen molar-refractivity contribution in [3.05, 3.63) is 48.2 Å². The van der Waals surface area contributed by atoms with E-state index < -0.39 is 0 Å². The monoisotopic (exact) mass is 335 g/mol. The summed E-state index contributed by atoms with van der Waals surface area (Å²) in [4.78, 5) is 6.72. The van der Waals surface area contributed by atoms with Gasteiger partial charge in [0.25, 0.3) is 0 Å². The molecular formula is C20H21N3O2. The molecule has 2 heterocycles. The van der Waals surface area contributed by atoms with E-state index in [2.05, 4.69) is 27.4 Å². The zero-order valence-electron chi connectivity index (χ0n) is 14.3. The SMILES string of the molecule is CNCCc1c(-c2c(O)cc(OC)c3[nH]ccc23)[nH]c2ccccc12. The Kier molecular flexibility index (Phi) is 3.86. The molecule has 0 fully saturated rings. The zero-order chi connectivity index (χ0) is 17.4. The molecule has 0 radical (unpaired) electrons. The normalized spacial score (nSPS) is 11.4. The minimum absolute atomic E-state index is 0.209.